The lowest BCUT2D eigenvalue weighted by Crippen LogP contribution is -2.26. The zero-order valence-corrected chi connectivity index (χ0v) is 14.4. The van der Waals surface area contributed by atoms with Gasteiger partial charge >= 0.3 is 0 Å². The van der Waals surface area contributed by atoms with E-state index < -0.39 is 0 Å². The van der Waals surface area contributed by atoms with Gasteiger partial charge in [-0.05, 0) is 30.5 Å². The number of imidazole rings is 1. The minimum absolute atomic E-state index is 0.477. The summed E-state index contributed by atoms with van der Waals surface area (Å²) < 4.78 is 13.7. The van der Waals surface area contributed by atoms with Gasteiger partial charge in [0.05, 0.1) is 18.2 Å². The van der Waals surface area contributed by atoms with Gasteiger partial charge in [-0.25, -0.2) is 4.98 Å². The van der Waals surface area contributed by atoms with Crippen molar-refractivity contribution >= 4 is 11.6 Å². The van der Waals surface area contributed by atoms with Crippen molar-refractivity contribution in [3.05, 3.63) is 40.9 Å². The van der Waals surface area contributed by atoms with Gasteiger partial charge in [0.15, 0.2) is 11.5 Å². The Balaban J connectivity index is 1.40. The Bertz CT molecular complexity index is 716. The molecule has 0 aliphatic carbocycles. The molecule has 0 bridgehead atoms. The number of fused-ring (bicyclic) bond motifs is 2. The summed E-state index contributed by atoms with van der Waals surface area (Å²) in [6.45, 7) is 4.09. The summed E-state index contributed by atoms with van der Waals surface area (Å²) in [5.41, 5.74) is 1.11. The second kappa shape index (κ2) is 7.03. The maximum Gasteiger partial charge on any atom is 0.179 e. The van der Waals surface area contributed by atoms with E-state index in [1.54, 1.807) is 0 Å². The van der Waals surface area contributed by atoms with Crippen LogP contribution >= 0.6 is 11.6 Å². The molecule has 0 saturated carbocycles. The van der Waals surface area contributed by atoms with Crippen LogP contribution in [-0.4, -0.2) is 29.3 Å². The van der Waals surface area contributed by atoms with Crippen LogP contribution < -0.4 is 14.8 Å². The third kappa shape index (κ3) is 3.23. The Labute approximate surface area is 146 Å². The second-order valence-corrected chi connectivity index (χ2v) is 6.81. The number of benzene rings is 1. The van der Waals surface area contributed by atoms with Gasteiger partial charge in [0.1, 0.15) is 5.82 Å². The Morgan fingerprint density at radius 3 is 3.12 bits per heavy atom. The number of aryl methyl sites for hydroxylation is 1. The first-order valence-corrected chi connectivity index (χ1v) is 8.99. The van der Waals surface area contributed by atoms with E-state index in [1.807, 2.05) is 18.3 Å². The number of ether oxygens (including phenoxy) is 2. The summed E-state index contributed by atoms with van der Waals surface area (Å²) in [7, 11) is 0. The molecule has 3 heterocycles. The minimum atomic E-state index is 0.477. The zero-order valence-electron chi connectivity index (χ0n) is 13.6. The maximum absolute atomic E-state index is 6.35. The van der Waals surface area contributed by atoms with Crippen molar-refractivity contribution in [2.75, 3.05) is 19.8 Å². The van der Waals surface area contributed by atoms with E-state index in [-0.39, 0.29) is 0 Å². The molecule has 0 spiro atoms. The average molecular weight is 348 g/mol. The summed E-state index contributed by atoms with van der Waals surface area (Å²) in [6, 6.07) is 3.99. The molecular weight excluding hydrogens is 326 g/mol. The number of nitrogens with one attached hydrogen (secondary N) is 1. The Kier molecular flexibility index (Phi) is 4.63. The molecule has 1 aromatic carbocycles. The molecule has 2 aromatic rings. The summed E-state index contributed by atoms with van der Waals surface area (Å²) in [4.78, 5) is 4.51. The zero-order chi connectivity index (χ0) is 16.4. The molecule has 2 aliphatic rings. The monoisotopic (exact) mass is 347 g/mol. The summed E-state index contributed by atoms with van der Waals surface area (Å²) in [5, 5.41) is 4.17. The Hall–Kier alpha value is -1.72. The Morgan fingerprint density at radius 2 is 2.17 bits per heavy atom. The SMILES string of the molecule is Clc1cc(CNC[C@H]2CCCn3ccnc32)cc2c1OCCCO2. The number of rotatable bonds is 4. The predicted octanol–water partition coefficient (Wildman–Crippen LogP) is 3.37. The van der Waals surface area contributed by atoms with Gasteiger partial charge in [-0.2, -0.15) is 0 Å². The molecule has 2 aliphatic heterocycles. The van der Waals surface area contributed by atoms with Crippen LogP contribution in [-0.2, 0) is 13.1 Å². The summed E-state index contributed by atoms with van der Waals surface area (Å²) >= 11 is 6.35. The molecule has 4 rings (SSSR count). The van der Waals surface area contributed by atoms with E-state index in [1.165, 1.54) is 18.7 Å². The van der Waals surface area contributed by atoms with Crippen molar-refractivity contribution in [1.82, 2.24) is 14.9 Å². The Morgan fingerprint density at radius 1 is 1.25 bits per heavy atom. The molecule has 1 aromatic heterocycles. The lowest BCUT2D eigenvalue weighted by molar-refractivity contribution is 0.297. The van der Waals surface area contributed by atoms with Crippen LogP contribution in [0.25, 0.3) is 0 Å². The van der Waals surface area contributed by atoms with Crippen molar-refractivity contribution in [2.24, 2.45) is 0 Å². The van der Waals surface area contributed by atoms with Crippen molar-refractivity contribution in [1.29, 1.82) is 0 Å². The third-order valence-corrected chi connectivity index (χ3v) is 4.93. The van der Waals surface area contributed by atoms with E-state index >= 15 is 0 Å². The number of nitrogens with zero attached hydrogens (tertiary/aromatic N) is 2. The molecule has 5 nitrogen and oxygen atoms in total. The first-order chi connectivity index (χ1) is 11.8. The molecule has 0 radical (unpaired) electrons. The molecule has 128 valence electrons. The quantitative estimate of drug-likeness (QED) is 0.921. The predicted molar refractivity (Wildman–Crippen MR) is 93.0 cm³/mol. The van der Waals surface area contributed by atoms with Gasteiger partial charge in [-0.1, -0.05) is 11.6 Å². The molecule has 0 amide bonds. The highest BCUT2D eigenvalue weighted by molar-refractivity contribution is 6.32. The van der Waals surface area contributed by atoms with Gasteiger partial charge in [0.25, 0.3) is 0 Å². The number of hydrogen-bond acceptors (Lipinski definition) is 4. The minimum Gasteiger partial charge on any atom is -0.489 e. The van der Waals surface area contributed by atoms with Gasteiger partial charge in [0, 0.05) is 44.4 Å². The van der Waals surface area contributed by atoms with Crippen molar-refractivity contribution in [3.63, 3.8) is 0 Å². The fraction of sp³-hybridized carbons (Fsp3) is 0.500. The fourth-order valence-electron chi connectivity index (χ4n) is 3.48. The van der Waals surface area contributed by atoms with E-state index in [0.717, 1.165) is 37.4 Å². The van der Waals surface area contributed by atoms with E-state index in [4.69, 9.17) is 21.1 Å². The number of halogens is 1. The first-order valence-electron chi connectivity index (χ1n) is 8.61. The molecular formula is C18H22ClN3O2. The van der Waals surface area contributed by atoms with Crippen LogP contribution in [0, 0.1) is 0 Å². The van der Waals surface area contributed by atoms with Crippen LogP contribution in [0.3, 0.4) is 0 Å². The highest BCUT2D eigenvalue weighted by Crippen LogP contribution is 2.38. The molecule has 0 saturated heterocycles. The van der Waals surface area contributed by atoms with Crippen LogP contribution in [0.5, 0.6) is 11.5 Å². The lowest BCUT2D eigenvalue weighted by atomic mass is 9.99. The van der Waals surface area contributed by atoms with Crippen LogP contribution in [0.2, 0.25) is 5.02 Å². The largest absolute Gasteiger partial charge is 0.489 e. The number of hydrogen-bond donors (Lipinski definition) is 1. The van der Waals surface area contributed by atoms with E-state index in [0.29, 0.717) is 29.9 Å². The molecule has 0 unspecified atom stereocenters. The highest BCUT2D eigenvalue weighted by Gasteiger charge is 2.21. The molecule has 6 heteroatoms. The topological polar surface area (TPSA) is 48.3 Å². The smallest absolute Gasteiger partial charge is 0.179 e. The van der Waals surface area contributed by atoms with Crippen LogP contribution in [0.15, 0.2) is 24.5 Å². The summed E-state index contributed by atoms with van der Waals surface area (Å²) in [6.07, 6.45) is 7.26. The van der Waals surface area contributed by atoms with Crippen molar-refractivity contribution < 1.29 is 9.47 Å². The summed E-state index contributed by atoms with van der Waals surface area (Å²) in [5.74, 6) is 3.10. The standard InChI is InChI=1S/C18H22ClN3O2/c19-15-9-13(10-16-17(15)24-8-2-7-23-16)11-20-12-14-3-1-5-22-6-4-21-18(14)22/h4,6,9-10,14,20H,1-3,5,7-8,11-12H2/t14-/m1/s1. The van der Waals surface area contributed by atoms with Gasteiger partial charge in [0.2, 0.25) is 0 Å². The second-order valence-electron chi connectivity index (χ2n) is 6.40. The maximum atomic E-state index is 6.35. The van der Waals surface area contributed by atoms with Crippen molar-refractivity contribution in [3.8, 4) is 11.5 Å². The first kappa shape index (κ1) is 15.8. The van der Waals surface area contributed by atoms with Gasteiger partial charge < -0.3 is 19.4 Å². The van der Waals surface area contributed by atoms with Gasteiger partial charge in [-0.3, -0.25) is 0 Å². The van der Waals surface area contributed by atoms with Crippen molar-refractivity contribution in [2.45, 2.75) is 38.3 Å². The van der Waals surface area contributed by atoms with E-state index in [9.17, 15) is 0 Å². The number of aromatic nitrogens is 2. The van der Waals surface area contributed by atoms with E-state index in [2.05, 4.69) is 21.1 Å². The lowest BCUT2D eigenvalue weighted by Gasteiger charge is -2.23. The van der Waals surface area contributed by atoms with Crippen LogP contribution in [0.4, 0.5) is 0 Å². The molecule has 1 N–H and O–H groups in total. The third-order valence-electron chi connectivity index (χ3n) is 4.65. The average Bonchev–Trinajstić information content (AvgIpc) is 2.94. The van der Waals surface area contributed by atoms with Crippen LogP contribution in [0.1, 0.15) is 36.6 Å². The van der Waals surface area contributed by atoms with Gasteiger partial charge in [-0.15, -0.1) is 0 Å². The highest BCUT2D eigenvalue weighted by atomic mass is 35.5. The molecule has 24 heavy (non-hydrogen) atoms. The normalized spacial score (nSPS) is 19.6. The fourth-order valence-corrected chi connectivity index (χ4v) is 3.76. The molecule has 0 fully saturated rings. The molecule has 1 atom stereocenters.